The predicted molar refractivity (Wildman–Crippen MR) is 138 cm³/mol. The van der Waals surface area contributed by atoms with Gasteiger partial charge in [-0.2, -0.15) is 0 Å². The summed E-state index contributed by atoms with van der Waals surface area (Å²) in [5.74, 6) is -0.210. The average Bonchev–Trinajstić information content (AvgIpc) is 3.18. The van der Waals surface area contributed by atoms with Gasteiger partial charge in [0.1, 0.15) is 19.0 Å². The number of fused-ring (bicyclic) bond motifs is 1. The largest absolute Gasteiger partial charge is 0.872 e. The Kier molecular flexibility index (Phi) is 8.71. The van der Waals surface area contributed by atoms with Crippen LogP contribution in [0, 0.1) is 0 Å². The number of hydrogen-bond acceptors (Lipinski definition) is 6. The number of hydrogen-bond donors (Lipinski definition) is 1. The molecule has 1 amide bonds. The Morgan fingerprint density at radius 3 is 2.54 bits per heavy atom. The fourth-order valence-corrected chi connectivity index (χ4v) is 4.78. The molecule has 2 aliphatic rings. The first-order valence-corrected chi connectivity index (χ1v) is 13.2. The molecule has 198 valence electrons. The molecule has 1 unspecified atom stereocenters. The van der Waals surface area contributed by atoms with E-state index in [1.165, 1.54) is 4.90 Å². The number of ketones is 1. The lowest BCUT2D eigenvalue weighted by molar-refractivity contribution is -0.895. The van der Waals surface area contributed by atoms with Crippen molar-refractivity contribution in [2.24, 2.45) is 0 Å². The second kappa shape index (κ2) is 12.1. The molecule has 0 spiro atoms. The van der Waals surface area contributed by atoms with Crippen molar-refractivity contribution >= 4 is 17.4 Å². The molecule has 2 aromatic rings. The van der Waals surface area contributed by atoms with Crippen LogP contribution in [0.1, 0.15) is 50.8 Å². The van der Waals surface area contributed by atoms with E-state index in [-0.39, 0.29) is 11.1 Å². The van der Waals surface area contributed by atoms with Gasteiger partial charge in [0.25, 0.3) is 5.91 Å². The number of nitrogens with zero attached hydrogens (tertiary/aromatic N) is 1. The minimum atomic E-state index is -0.787. The smallest absolute Gasteiger partial charge is 0.295 e. The fourth-order valence-electron chi connectivity index (χ4n) is 4.78. The van der Waals surface area contributed by atoms with Gasteiger partial charge in [-0.25, -0.2) is 0 Å². The van der Waals surface area contributed by atoms with Crippen LogP contribution in [0.25, 0.3) is 5.76 Å². The number of nitrogens with one attached hydrogen (secondary N) is 1. The first-order chi connectivity index (χ1) is 18.0. The van der Waals surface area contributed by atoms with Crippen molar-refractivity contribution in [3.05, 3.63) is 59.2 Å². The van der Waals surface area contributed by atoms with Gasteiger partial charge in [0.15, 0.2) is 11.5 Å². The van der Waals surface area contributed by atoms with Crippen LogP contribution in [-0.4, -0.2) is 62.6 Å². The van der Waals surface area contributed by atoms with Crippen LogP contribution in [0.15, 0.2) is 48.0 Å². The lowest BCUT2D eigenvalue weighted by Gasteiger charge is -2.29. The van der Waals surface area contributed by atoms with Crippen molar-refractivity contribution in [3.8, 4) is 17.2 Å². The number of Topliss-reactive ketones (excluding diaryl/α,β-unsaturated/α-hetero) is 1. The lowest BCUT2D eigenvalue weighted by Crippen LogP contribution is -3.12. The third-order valence-electron chi connectivity index (χ3n) is 6.98. The molecular weight excluding hydrogens is 472 g/mol. The zero-order chi connectivity index (χ0) is 26.4. The molecule has 1 fully saturated rings. The molecule has 8 nitrogen and oxygen atoms in total. The van der Waals surface area contributed by atoms with E-state index in [1.807, 2.05) is 24.3 Å². The lowest BCUT2D eigenvalue weighted by atomic mass is 9.95. The van der Waals surface area contributed by atoms with Crippen LogP contribution in [0.5, 0.6) is 17.2 Å². The summed E-state index contributed by atoms with van der Waals surface area (Å²) in [6, 6.07) is 11.5. The van der Waals surface area contributed by atoms with Gasteiger partial charge in [0, 0.05) is 5.57 Å². The summed E-state index contributed by atoms with van der Waals surface area (Å²) in [4.78, 5) is 29.5. The molecule has 0 radical (unpaired) electrons. The molecule has 2 aromatic carbocycles. The molecule has 1 N–H and O–H groups in total. The normalized spacial score (nSPS) is 18.5. The van der Waals surface area contributed by atoms with Crippen molar-refractivity contribution in [1.82, 2.24) is 4.90 Å². The van der Waals surface area contributed by atoms with Crippen molar-refractivity contribution in [1.29, 1.82) is 0 Å². The average molecular weight is 509 g/mol. The summed E-state index contributed by atoms with van der Waals surface area (Å²) in [6.45, 7) is 10.5. The van der Waals surface area contributed by atoms with Gasteiger partial charge in [-0.1, -0.05) is 37.3 Å². The third-order valence-corrected chi connectivity index (χ3v) is 6.98. The second-order valence-corrected chi connectivity index (χ2v) is 9.31. The highest BCUT2D eigenvalue weighted by molar-refractivity contribution is 6.46. The molecule has 2 heterocycles. The predicted octanol–water partition coefficient (Wildman–Crippen LogP) is 1.79. The van der Waals surface area contributed by atoms with Crippen molar-refractivity contribution in [2.45, 2.75) is 39.7 Å². The number of carbonyl (C=O) groups excluding carboxylic acids is 2. The second-order valence-electron chi connectivity index (χ2n) is 9.31. The van der Waals surface area contributed by atoms with Gasteiger partial charge in [0.05, 0.1) is 38.8 Å². The summed E-state index contributed by atoms with van der Waals surface area (Å²) in [5, 5.41) is 13.8. The summed E-state index contributed by atoms with van der Waals surface area (Å²) in [6.07, 6.45) is 1.93. The molecule has 8 heteroatoms. The highest BCUT2D eigenvalue weighted by atomic mass is 16.6. The van der Waals surface area contributed by atoms with Gasteiger partial charge in [0.2, 0.25) is 5.78 Å². The minimum absolute atomic E-state index is 0.0399. The van der Waals surface area contributed by atoms with Crippen LogP contribution in [-0.2, 0) is 9.59 Å². The number of amides is 1. The Hall–Kier alpha value is -3.52. The number of likely N-dealkylation sites (tertiary alicyclic amines) is 1. The number of benzene rings is 2. The van der Waals surface area contributed by atoms with Gasteiger partial charge in [-0.3, -0.25) is 9.59 Å². The topological polar surface area (TPSA) is 92.6 Å². The van der Waals surface area contributed by atoms with E-state index in [9.17, 15) is 14.7 Å². The zero-order valence-corrected chi connectivity index (χ0v) is 21.9. The van der Waals surface area contributed by atoms with Gasteiger partial charge >= 0.3 is 0 Å². The number of rotatable bonds is 11. The molecule has 37 heavy (non-hydrogen) atoms. The molecule has 1 atom stereocenters. The molecule has 0 aromatic heterocycles. The molecule has 0 saturated carbocycles. The van der Waals surface area contributed by atoms with Crippen LogP contribution >= 0.6 is 0 Å². The molecular formula is C29H36N2O6. The summed E-state index contributed by atoms with van der Waals surface area (Å²) >= 11 is 0. The summed E-state index contributed by atoms with van der Waals surface area (Å²) < 4.78 is 17.1. The van der Waals surface area contributed by atoms with Gasteiger partial charge in [-0.05, 0) is 55.7 Å². The van der Waals surface area contributed by atoms with Crippen molar-refractivity contribution in [3.63, 3.8) is 0 Å². The van der Waals surface area contributed by atoms with Crippen molar-refractivity contribution in [2.75, 3.05) is 46.0 Å². The van der Waals surface area contributed by atoms with Crippen LogP contribution in [0.4, 0.5) is 0 Å². The van der Waals surface area contributed by atoms with Crippen LogP contribution < -0.4 is 24.2 Å². The van der Waals surface area contributed by atoms with E-state index < -0.39 is 23.5 Å². The maximum atomic E-state index is 13.8. The van der Waals surface area contributed by atoms with E-state index in [0.717, 1.165) is 25.9 Å². The summed E-state index contributed by atoms with van der Waals surface area (Å²) in [7, 11) is 0. The van der Waals surface area contributed by atoms with Crippen LogP contribution in [0.2, 0.25) is 0 Å². The number of ether oxygens (including phenoxy) is 3. The molecule has 1 saturated heterocycles. The van der Waals surface area contributed by atoms with Crippen LogP contribution in [0.3, 0.4) is 0 Å². The monoisotopic (exact) mass is 508 g/mol. The standard InChI is InChI=1S/C29H36N2O6/c1-4-7-15-35-22-10-8-9-20(18-22)26-25(28(33)29(34)31(26)14-13-30(5-2)6-3)27(32)21-11-12-23-24(19-21)37-17-16-36-23/h8-12,18-19,26,32H,4-7,13-17H2,1-3H3. The van der Waals surface area contributed by atoms with Gasteiger partial charge < -0.3 is 29.1 Å². The SMILES string of the molecule is CCCCOc1cccc(C2C(=C([O-])c3ccc4c(c3)OCCO4)C(=O)C(=O)N2CC[NH+](CC)CC)c1. The number of likely N-dealkylation sites (N-methyl/N-ethyl adjacent to an activating group) is 1. The van der Waals surface area contributed by atoms with E-state index >= 15 is 0 Å². The molecule has 0 aliphatic carbocycles. The number of quaternary nitrogens is 1. The number of unbranched alkanes of at least 4 members (excludes halogenated alkanes) is 1. The molecule has 2 aliphatic heterocycles. The van der Waals surface area contributed by atoms with Crippen molar-refractivity contribution < 1.29 is 33.8 Å². The highest BCUT2D eigenvalue weighted by Crippen LogP contribution is 2.40. The maximum absolute atomic E-state index is 13.8. The first-order valence-electron chi connectivity index (χ1n) is 13.2. The van der Waals surface area contributed by atoms with Gasteiger partial charge in [-0.15, -0.1) is 0 Å². The van der Waals surface area contributed by atoms with E-state index in [1.54, 1.807) is 23.1 Å². The van der Waals surface area contributed by atoms with E-state index in [0.29, 0.717) is 55.7 Å². The molecule has 4 rings (SSSR count). The van der Waals surface area contributed by atoms with E-state index in [4.69, 9.17) is 14.2 Å². The Bertz CT molecular complexity index is 1160. The zero-order valence-electron chi connectivity index (χ0n) is 21.9. The third kappa shape index (κ3) is 5.74. The maximum Gasteiger partial charge on any atom is 0.295 e. The number of carbonyl (C=O) groups is 2. The summed E-state index contributed by atoms with van der Waals surface area (Å²) in [5.41, 5.74) is 0.933. The Labute approximate surface area is 218 Å². The molecule has 0 bridgehead atoms. The van der Waals surface area contributed by atoms with E-state index in [2.05, 4.69) is 20.8 Å². The highest BCUT2D eigenvalue weighted by Gasteiger charge is 2.44. The minimum Gasteiger partial charge on any atom is -0.872 e. The fraction of sp³-hybridized carbons (Fsp3) is 0.448. The first kappa shape index (κ1) is 26.5. The Morgan fingerprint density at radius 2 is 1.81 bits per heavy atom. The Morgan fingerprint density at radius 1 is 1.05 bits per heavy atom. The Balaban J connectivity index is 1.76. The quantitative estimate of drug-likeness (QED) is 0.215.